The van der Waals surface area contributed by atoms with Crippen LogP contribution >= 0.6 is 0 Å². The molecule has 0 spiro atoms. The minimum absolute atomic E-state index is 0.152. The number of anilines is 2. The van der Waals surface area contributed by atoms with Crippen LogP contribution in [0.1, 0.15) is 65.5 Å². The quantitative estimate of drug-likeness (QED) is 0.0808. The number of ether oxygens (including phenoxy) is 4. The molecule has 69 heavy (non-hydrogen) atoms. The maximum absolute atomic E-state index is 14.9. The molecule has 4 aromatic rings. The molecular weight excluding hydrogens is 909 g/mol. The number of nitrogens with zero attached hydrogens (tertiary/aromatic N) is 4. The predicted molar refractivity (Wildman–Crippen MR) is 248 cm³/mol. The number of halogens is 4. The zero-order valence-corrected chi connectivity index (χ0v) is 39.4. The van der Waals surface area contributed by atoms with Crippen molar-refractivity contribution >= 4 is 41.7 Å². The third-order valence-electron chi connectivity index (χ3n) is 10.4. The number of carboxylic acid groups (broad SMARTS) is 1. The summed E-state index contributed by atoms with van der Waals surface area (Å²) in [4.78, 5) is 65.1. The molecule has 2 aliphatic heterocycles. The number of aliphatic carboxylic acids is 1. The molecule has 2 N–H and O–H groups in total. The summed E-state index contributed by atoms with van der Waals surface area (Å²) in [6.07, 6.45) is -4.08. The van der Waals surface area contributed by atoms with E-state index in [0.717, 1.165) is 22.1 Å². The van der Waals surface area contributed by atoms with Crippen LogP contribution < -0.4 is 9.80 Å². The lowest BCUT2D eigenvalue weighted by Gasteiger charge is -2.27. The largest absolute Gasteiger partial charge is 0.478 e. The van der Waals surface area contributed by atoms with Crippen molar-refractivity contribution < 1.29 is 70.7 Å². The molecule has 0 bridgehead atoms. The molecule has 2 heterocycles. The molecule has 0 aromatic heterocycles. The van der Waals surface area contributed by atoms with Gasteiger partial charge in [-0.3, -0.25) is 18.6 Å². The van der Waals surface area contributed by atoms with Crippen LogP contribution in [0.4, 0.5) is 48.1 Å². The topological polar surface area (TPSA) is 176 Å². The monoisotopic (exact) mass is 966 g/mol. The van der Waals surface area contributed by atoms with Crippen LogP contribution in [-0.2, 0) is 36.8 Å². The smallest absolute Gasteiger partial charge is 0.415 e. The van der Waals surface area contributed by atoms with Crippen LogP contribution in [0.3, 0.4) is 0 Å². The Labute approximate surface area is 398 Å². The van der Waals surface area contributed by atoms with Gasteiger partial charge in [-0.1, -0.05) is 48.5 Å². The molecule has 15 nitrogen and oxygen atoms in total. The highest BCUT2D eigenvalue weighted by atomic mass is 19.1. The average molecular weight is 967 g/mol. The number of rotatable bonds is 16. The van der Waals surface area contributed by atoms with E-state index in [2.05, 4.69) is 0 Å². The number of hydrogen-bond acceptors (Lipinski definition) is 10. The number of carbonyl (C=O) groups is 5. The van der Waals surface area contributed by atoms with Gasteiger partial charge in [0.05, 0.1) is 44.4 Å². The van der Waals surface area contributed by atoms with Gasteiger partial charge in [0.1, 0.15) is 28.9 Å². The van der Waals surface area contributed by atoms with Gasteiger partial charge in [0, 0.05) is 37.3 Å². The van der Waals surface area contributed by atoms with Gasteiger partial charge < -0.3 is 39.0 Å². The van der Waals surface area contributed by atoms with Crippen LogP contribution in [-0.4, -0.2) is 120 Å². The third kappa shape index (κ3) is 15.1. The minimum Gasteiger partial charge on any atom is -0.478 e. The summed E-state index contributed by atoms with van der Waals surface area (Å²) in [5.41, 5.74) is 2.57. The molecule has 0 radical (unpaired) electrons. The van der Waals surface area contributed by atoms with Crippen LogP contribution in [0, 0.1) is 11.6 Å². The maximum atomic E-state index is 14.9. The van der Waals surface area contributed by atoms with Crippen LogP contribution in [0.25, 0.3) is 22.3 Å². The Bertz CT molecular complexity index is 2430. The summed E-state index contributed by atoms with van der Waals surface area (Å²) in [6, 6.07) is 22.5. The number of aliphatic hydroxyl groups is 1. The van der Waals surface area contributed by atoms with E-state index < -0.39 is 78.7 Å². The Morgan fingerprint density at radius 3 is 1.39 bits per heavy atom. The summed E-state index contributed by atoms with van der Waals surface area (Å²) in [5, 5.41) is 18.2. The molecule has 4 amide bonds. The van der Waals surface area contributed by atoms with Gasteiger partial charge in [0.15, 0.2) is 0 Å². The van der Waals surface area contributed by atoms with E-state index in [4.69, 9.17) is 24.1 Å². The fourth-order valence-corrected chi connectivity index (χ4v) is 7.09. The number of carbonyl (C=O) groups excluding carboxylic acids is 4. The second-order valence-electron chi connectivity index (χ2n) is 18.2. The van der Waals surface area contributed by atoms with E-state index in [9.17, 15) is 46.6 Å². The highest BCUT2D eigenvalue weighted by Crippen LogP contribution is 2.32. The Balaban J connectivity index is 0.000000258. The van der Waals surface area contributed by atoms with E-state index >= 15 is 0 Å². The highest BCUT2D eigenvalue weighted by Gasteiger charge is 2.37. The van der Waals surface area contributed by atoms with Gasteiger partial charge in [0.2, 0.25) is 6.10 Å². The van der Waals surface area contributed by atoms with Crippen molar-refractivity contribution in [3.63, 3.8) is 0 Å². The fraction of sp³-hybridized carbons (Fsp3) is 0.420. The number of carboxylic acids is 1. The van der Waals surface area contributed by atoms with E-state index in [1.807, 2.05) is 0 Å². The molecule has 6 rings (SSSR count). The van der Waals surface area contributed by atoms with Crippen LogP contribution in [0.15, 0.2) is 84.9 Å². The SMILES string of the molecule is CC(C)(C)OC(=O)N(CCCF)Cc1ccc(-c2ccc(N3C[C@H](C(=O)O)OC3=O)cc2F)cc1.CC(C)(C)OC(=O)N(CCCF)Cc1ccc(-c2ccc(N3C[C@H](CO)OC3=O)cc2F)cc1. The predicted octanol–water partition coefficient (Wildman–Crippen LogP) is 9.91. The second-order valence-corrected chi connectivity index (χ2v) is 18.2. The number of benzene rings is 4. The van der Waals surface area contributed by atoms with Gasteiger partial charge in [-0.25, -0.2) is 32.8 Å². The van der Waals surface area contributed by atoms with Gasteiger partial charge in [-0.15, -0.1) is 0 Å². The normalized spacial score (nSPS) is 15.8. The van der Waals surface area contributed by atoms with Crippen LogP contribution in [0.5, 0.6) is 0 Å². The zero-order valence-electron chi connectivity index (χ0n) is 39.4. The lowest BCUT2D eigenvalue weighted by Crippen LogP contribution is -2.37. The van der Waals surface area contributed by atoms with Crippen molar-refractivity contribution in [2.24, 2.45) is 0 Å². The number of amides is 4. The summed E-state index contributed by atoms with van der Waals surface area (Å²) in [5.74, 6) is -2.38. The Morgan fingerprint density at radius 1 is 0.652 bits per heavy atom. The average Bonchev–Trinajstić information content (AvgIpc) is 3.88. The Kier molecular flexibility index (Phi) is 18.0. The molecule has 19 heteroatoms. The number of aliphatic hydroxyl groups excluding tert-OH is 1. The fourth-order valence-electron chi connectivity index (χ4n) is 7.09. The van der Waals surface area contributed by atoms with Gasteiger partial charge >= 0.3 is 30.3 Å². The van der Waals surface area contributed by atoms with E-state index in [0.29, 0.717) is 22.4 Å². The Hall–Kier alpha value is -6.89. The number of alkyl halides is 2. The lowest BCUT2D eigenvalue weighted by molar-refractivity contribution is -0.144. The first-order valence-electron chi connectivity index (χ1n) is 22.2. The van der Waals surface area contributed by atoms with Crippen molar-refractivity contribution in [1.82, 2.24) is 9.80 Å². The van der Waals surface area contributed by atoms with Gasteiger partial charge in [-0.2, -0.15) is 0 Å². The molecule has 0 aliphatic carbocycles. The minimum atomic E-state index is -1.30. The summed E-state index contributed by atoms with van der Waals surface area (Å²) >= 11 is 0. The number of cyclic esters (lactones) is 2. The van der Waals surface area contributed by atoms with E-state index in [-0.39, 0.29) is 70.0 Å². The van der Waals surface area contributed by atoms with E-state index in [1.165, 1.54) is 32.9 Å². The van der Waals surface area contributed by atoms with Crippen molar-refractivity contribution in [3.05, 3.63) is 108 Å². The highest BCUT2D eigenvalue weighted by molar-refractivity contribution is 5.94. The lowest BCUT2D eigenvalue weighted by atomic mass is 10.0. The van der Waals surface area contributed by atoms with Crippen molar-refractivity contribution in [3.8, 4) is 22.3 Å². The van der Waals surface area contributed by atoms with Crippen molar-refractivity contribution in [2.75, 3.05) is 55.9 Å². The summed E-state index contributed by atoms with van der Waals surface area (Å²) in [7, 11) is 0. The third-order valence-corrected chi connectivity index (χ3v) is 10.4. The second kappa shape index (κ2) is 23.4. The first-order chi connectivity index (χ1) is 32.6. The zero-order chi connectivity index (χ0) is 50.6. The molecular formula is C50H58F4N4O11. The Morgan fingerprint density at radius 2 is 1.06 bits per heavy atom. The molecule has 0 saturated carbocycles. The molecule has 2 aliphatic rings. The molecule has 0 unspecified atom stereocenters. The summed E-state index contributed by atoms with van der Waals surface area (Å²) < 4.78 is 75.8. The van der Waals surface area contributed by atoms with E-state index in [1.54, 1.807) is 102 Å². The van der Waals surface area contributed by atoms with Crippen LogP contribution in [0.2, 0.25) is 0 Å². The molecule has 2 saturated heterocycles. The summed E-state index contributed by atoms with van der Waals surface area (Å²) in [6.45, 7) is 9.98. The maximum Gasteiger partial charge on any atom is 0.415 e. The molecule has 372 valence electrons. The van der Waals surface area contributed by atoms with Crippen molar-refractivity contribution in [2.45, 2.75) is 90.9 Å². The molecule has 2 atom stereocenters. The van der Waals surface area contributed by atoms with Crippen molar-refractivity contribution in [1.29, 1.82) is 0 Å². The number of hydrogen-bond donors (Lipinski definition) is 2. The van der Waals surface area contributed by atoms with Gasteiger partial charge in [0.25, 0.3) is 0 Å². The standard InChI is InChI=1S/C25H28F2N2O6.C25H30F2N2O5/c1-25(2,3)35-23(32)28(12-4-11-26)14-16-5-7-17(8-6-16)19-10-9-18(13-20(19)27)29-15-21(22(30)31)34-24(29)33;1-25(2,3)34-23(31)28(12-4-11-26)14-17-5-7-18(8-6-17)21-10-9-19(13-22(21)27)29-15-20(16-30)33-24(29)32/h5-10,13,21H,4,11-12,14-15H2,1-3H3,(H,30,31);5-10,13,20,30H,4,11-12,14-16H2,1-3H3/t21-;20-/m11/s1. The first-order valence-corrected chi connectivity index (χ1v) is 22.2. The van der Waals surface area contributed by atoms with Gasteiger partial charge in [-0.05, 0) is 113 Å². The molecule has 2 fully saturated rings. The molecule has 4 aromatic carbocycles. The first kappa shape index (κ1) is 53.1.